The number of carbonyl (C=O) groups excluding carboxylic acids is 1. The maximum absolute atomic E-state index is 13.8. The molecule has 1 atom stereocenters. The third kappa shape index (κ3) is 4.45. The van der Waals surface area contributed by atoms with Crippen molar-refractivity contribution >= 4 is 5.91 Å². The lowest BCUT2D eigenvalue weighted by Crippen LogP contribution is -2.34. The lowest BCUT2D eigenvalue weighted by Gasteiger charge is -2.20. The Labute approximate surface area is 161 Å². The van der Waals surface area contributed by atoms with Crippen LogP contribution in [0.4, 0.5) is 17.6 Å². The molecule has 9 heteroatoms. The summed E-state index contributed by atoms with van der Waals surface area (Å²) in [7, 11) is 0. The van der Waals surface area contributed by atoms with Crippen LogP contribution >= 0.6 is 0 Å². The van der Waals surface area contributed by atoms with Crippen LogP contribution in [0.5, 0.6) is 5.75 Å². The van der Waals surface area contributed by atoms with Gasteiger partial charge in [0.1, 0.15) is 11.3 Å². The topological polar surface area (TPSA) is 82.2 Å². The van der Waals surface area contributed by atoms with E-state index in [1.54, 1.807) is 35.3 Å². The van der Waals surface area contributed by atoms with Crippen LogP contribution in [0.15, 0.2) is 65.5 Å². The number of H-pyrrole nitrogens is 1. The molecule has 3 N–H and O–H groups in total. The number of phenols is 1. The number of nitrogens with one attached hydrogen (secondary N) is 2. The molecule has 0 aliphatic heterocycles. The average molecular weight is 406 g/mol. The molecule has 0 bridgehead atoms. The second-order valence-electron chi connectivity index (χ2n) is 6.14. The van der Waals surface area contributed by atoms with Crippen molar-refractivity contribution in [3.8, 4) is 5.75 Å². The molecule has 0 fully saturated rings. The van der Waals surface area contributed by atoms with Gasteiger partial charge < -0.3 is 15.4 Å². The molecule has 150 valence electrons. The van der Waals surface area contributed by atoms with Crippen molar-refractivity contribution in [3.63, 3.8) is 0 Å². The monoisotopic (exact) mass is 406 g/mol. The van der Waals surface area contributed by atoms with Crippen LogP contribution < -0.4 is 10.9 Å². The molecular formula is C20H14F4N2O3. The zero-order valence-corrected chi connectivity index (χ0v) is 14.6. The van der Waals surface area contributed by atoms with Crippen LogP contribution in [0.25, 0.3) is 0 Å². The molecule has 1 amide bonds. The number of aromatic nitrogens is 1. The summed E-state index contributed by atoms with van der Waals surface area (Å²) in [4.78, 5) is 26.2. The van der Waals surface area contributed by atoms with Gasteiger partial charge in [0.15, 0.2) is 11.6 Å². The summed E-state index contributed by atoms with van der Waals surface area (Å²) in [6.07, 6.45) is -4.76. The van der Waals surface area contributed by atoms with Gasteiger partial charge in [-0.2, -0.15) is 13.2 Å². The van der Waals surface area contributed by atoms with E-state index in [1.807, 2.05) is 0 Å². The van der Waals surface area contributed by atoms with Crippen molar-refractivity contribution in [1.29, 1.82) is 0 Å². The van der Waals surface area contributed by atoms with E-state index in [9.17, 15) is 32.3 Å². The molecule has 0 spiro atoms. The zero-order chi connectivity index (χ0) is 21.2. The number of rotatable bonds is 4. The van der Waals surface area contributed by atoms with E-state index >= 15 is 0 Å². The first-order valence-corrected chi connectivity index (χ1v) is 8.31. The Bertz CT molecular complexity index is 1090. The molecule has 3 rings (SSSR count). The van der Waals surface area contributed by atoms with Gasteiger partial charge in [-0.1, -0.05) is 36.4 Å². The summed E-state index contributed by atoms with van der Waals surface area (Å²) in [5, 5.41) is 11.9. The van der Waals surface area contributed by atoms with Gasteiger partial charge in [-0.25, -0.2) is 4.39 Å². The lowest BCUT2D eigenvalue weighted by molar-refractivity contribution is -0.141. The minimum Gasteiger partial charge on any atom is -0.505 e. The number of hydrogen-bond donors (Lipinski definition) is 3. The van der Waals surface area contributed by atoms with Gasteiger partial charge in [-0.05, 0) is 35.4 Å². The van der Waals surface area contributed by atoms with Crippen LogP contribution in [0.1, 0.15) is 33.2 Å². The predicted molar refractivity (Wildman–Crippen MR) is 95.9 cm³/mol. The highest BCUT2D eigenvalue weighted by Gasteiger charge is 2.32. The molecule has 0 saturated carbocycles. The fourth-order valence-corrected chi connectivity index (χ4v) is 2.73. The molecule has 0 radical (unpaired) electrons. The third-order valence-electron chi connectivity index (χ3n) is 4.17. The summed E-state index contributed by atoms with van der Waals surface area (Å²) < 4.78 is 51.9. The van der Waals surface area contributed by atoms with E-state index in [-0.39, 0.29) is 5.56 Å². The van der Waals surface area contributed by atoms with Gasteiger partial charge >= 0.3 is 6.18 Å². The normalized spacial score (nSPS) is 12.4. The van der Waals surface area contributed by atoms with Gasteiger partial charge in [0.2, 0.25) is 0 Å². The molecule has 1 heterocycles. The fraction of sp³-hybridized carbons (Fsp3) is 0.100. The Balaban J connectivity index is 1.97. The van der Waals surface area contributed by atoms with Crippen molar-refractivity contribution in [2.45, 2.75) is 12.2 Å². The average Bonchev–Trinajstić information content (AvgIpc) is 2.68. The number of aromatic amines is 1. The second kappa shape index (κ2) is 7.78. The van der Waals surface area contributed by atoms with E-state index in [0.29, 0.717) is 11.6 Å². The number of halogens is 4. The SMILES string of the molecule is O=C(NC(c1ccccc1)c1ccc(O)c(F)c1)c1ccc(C(F)(F)F)[nH]c1=O. The quantitative estimate of drug-likeness (QED) is 0.577. The number of carbonyl (C=O) groups is 1. The summed E-state index contributed by atoms with van der Waals surface area (Å²) in [5.41, 5.74) is -2.21. The molecule has 5 nitrogen and oxygen atoms in total. The van der Waals surface area contributed by atoms with Crippen LogP contribution in [0, 0.1) is 5.82 Å². The Kier molecular flexibility index (Phi) is 5.40. The first-order chi connectivity index (χ1) is 13.7. The highest BCUT2D eigenvalue weighted by molar-refractivity contribution is 5.94. The maximum Gasteiger partial charge on any atom is 0.431 e. The first-order valence-electron chi connectivity index (χ1n) is 8.31. The highest BCUT2D eigenvalue weighted by Crippen LogP contribution is 2.28. The van der Waals surface area contributed by atoms with Crippen LogP contribution in [0.3, 0.4) is 0 Å². The summed E-state index contributed by atoms with van der Waals surface area (Å²) in [5.74, 6) is -2.43. The van der Waals surface area contributed by atoms with Crippen molar-refractivity contribution in [3.05, 3.63) is 99.2 Å². The standard InChI is InChI=1S/C20H14F4N2O3/c21-14-10-12(6-8-15(14)27)17(11-4-2-1-3-5-11)26-19(29)13-7-9-16(20(22,23)24)25-18(13)28/h1-10,17,27H,(H,25,28)(H,26,29). The zero-order valence-electron chi connectivity index (χ0n) is 14.6. The largest absolute Gasteiger partial charge is 0.505 e. The molecular weight excluding hydrogens is 392 g/mol. The molecule has 29 heavy (non-hydrogen) atoms. The summed E-state index contributed by atoms with van der Waals surface area (Å²) in [6.45, 7) is 0. The number of aromatic hydroxyl groups is 1. The molecule has 3 aromatic rings. The number of pyridine rings is 1. The van der Waals surface area contributed by atoms with Gasteiger partial charge in [0.05, 0.1) is 6.04 Å². The summed E-state index contributed by atoms with van der Waals surface area (Å²) in [6, 6.07) is 12.3. The molecule has 2 aromatic carbocycles. The number of amides is 1. The lowest BCUT2D eigenvalue weighted by atomic mass is 9.98. The summed E-state index contributed by atoms with van der Waals surface area (Å²) >= 11 is 0. The fourth-order valence-electron chi connectivity index (χ4n) is 2.73. The highest BCUT2D eigenvalue weighted by atomic mass is 19.4. The van der Waals surface area contributed by atoms with E-state index in [2.05, 4.69) is 5.32 Å². The van der Waals surface area contributed by atoms with Crippen LogP contribution in [-0.2, 0) is 6.18 Å². The number of hydrogen-bond acceptors (Lipinski definition) is 3. The van der Waals surface area contributed by atoms with E-state index in [4.69, 9.17) is 0 Å². The number of benzene rings is 2. The minimum absolute atomic E-state index is 0.267. The molecule has 0 aliphatic rings. The minimum atomic E-state index is -4.76. The second-order valence-corrected chi connectivity index (χ2v) is 6.14. The van der Waals surface area contributed by atoms with E-state index < -0.39 is 46.5 Å². The maximum atomic E-state index is 13.8. The van der Waals surface area contributed by atoms with Crippen molar-refractivity contribution in [2.24, 2.45) is 0 Å². The molecule has 0 saturated heterocycles. The number of phenolic OH excluding ortho intramolecular Hbond substituents is 1. The Morgan fingerprint density at radius 3 is 2.28 bits per heavy atom. The van der Waals surface area contributed by atoms with Crippen molar-refractivity contribution < 1.29 is 27.5 Å². The van der Waals surface area contributed by atoms with Crippen molar-refractivity contribution in [1.82, 2.24) is 10.3 Å². The Morgan fingerprint density at radius 1 is 1.00 bits per heavy atom. The number of alkyl halides is 3. The van der Waals surface area contributed by atoms with Crippen LogP contribution in [0.2, 0.25) is 0 Å². The van der Waals surface area contributed by atoms with Gasteiger partial charge in [-0.15, -0.1) is 0 Å². The van der Waals surface area contributed by atoms with Crippen LogP contribution in [-0.4, -0.2) is 16.0 Å². The molecule has 1 aromatic heterocycles. The predicted octanol–water partition coefficient (Wildman–Crippen LogP) is 3.76. The molecule has 0 aliphatic carbocycles. The third-order valence-corrected chi connectivity index (χ3v) is 4.17. The van der Waals surface area contributed by atoms with Crippen molar-refractivity contribution in [2.75, 3.05) is 0 Å². The van der Waals surface area contributed by atoms with Gasteiger partial charge in [0.25, 0.3) is 11.5 Å². The van der Waals surface area contributed by atoms with Gasteiger partial charge in [-0.3, -0.25) is 9.59 Å². The van der Waals surface area contributed by atoms with E-state index in [0.717, 1.165) is 18.2 Å². The van der Waals surface area contributed by atoms with Gasteiger partial charge in [0, 0.05) is 0 Å². The molecule has 1 unspecified atom stereocenters. The van der Waals surface area contributed by atoms with E-state index in [1.165, 1.54) is 6.07 Å². The smallest absolute Gasteiger partial charge is 0.431 e. The Hall–Kier alpha value is -3.62. The first kappa shape index (κ1) is 20.1. The Morgan fingerprint density at radius 2 is 1.69 bits per heavy atom.